The van der Waals surface area contributed by atoms with E-state index in [1.165, 1.54) is 18.3 Å². The molecule has 162 valence electrons. The Morgan fingerprint density at radius 3 is 2.68 bits per heavy atom. The number of hydrogen-bond donors (Lipinski definition) is 1. The first-order chi connectivity index (χ1) is 14.8. The molecule has 31 heavy (non-hydrogen) atoms. The lowest BCUT2D eigenvalue weighted by Crippen LogP contribution is -2.32. The van der Waals surface area contributed by atoms with Crippen LogP contribution in [0.15, 0.2) is 51.1 Å². The van der Waals surface area contributed by atoms with Crippen molar-refractivity contribution in [1.82, 2.24) is 9.66 Å². The lowest BCUT2D eigenvalue weighted by atomic mass is 10.1. The van der Waals surface area contributed by atoms with E-state index in [0.29, 0.717) is 16.6 Å². The summed E-state index contributed by atoms with van der Waals surface area (Å²) in [5.74, 6) is 0.206. The van der Waals surface area contributed by atoms with Crippen LogP contribution in [-0.4, -0.2) is 33.5 Å². The van der Waals surface area contributed by atoms with Gasteiger partial charge >= 0.3 is 11.4 Å². The van der Waals surface area contributed by atoms with E-state index in [2.05, 4.69) is 10.1 Å². The molecule has 0 fully saturated rings. The van der Waals surface area contributed by atoms with Crippen LogP contribution in [0.25, 0.3) is 10.9 Å². The Morgan fingerprint density at radius 2 is 2.00 bits per heavy atom. The molecule has 1 N–H and O–H groups in total. The van der Waals surface area contributed by atoms with Gasteiger partial charge in [0.2, 0.25) is 5.75 Å². The van der Waals surface area contributed by atoms with Gasteiger partial charge in [0.25, 0.3) is 5.56 Å². The molecule has 0 amide bonds. The third-order valence-electron chi connectivity index (χ3n) is 4.55. The summed E-state index contributed by atoms with van der Waals surface area (Å²) < 4.78 is 11.9. The SMILES string of the molecule is CCOc1cc(C=Nn2c(=O)[nH]c3ccccc3c2=O)cc([N+](=O)[O-])c1O[C@@H](C)CC. The van der Waals surface area contributed by atoms with Gasteiger partial charge in [-0.05, 0) is 38.5 Å². The van der Waals surface area contributed by atoms with Gasteiger partial charge in [0.1, 0.15) is 0 Å². The normalized spacial score (nSPS) is 12.2. The van der Waals surface area contributed by atoms with Crippen molar-refractivity contribution in [1.29, 1.82) is 0 Å². The highest BCUT2D eigenvalue weighted by atomic mass is 16.6. The second kappa shape index (κ2) is 9.24. The Kier molecular flexibility index (Phi) is 6.49. The molecule has 0 aliphatic carbocycles. The number of H-pyrrole nitrogens is 1. The molecule has 0 aliphatic rings. The molecule has 1 atom stereocenters. The molecule has 1 heterocycles. The fourth-order valence-electron chi connectivity index (χ4n) is 2.87. The summed E-state index contributed by atoms with van der Waals surface area (Å²) in [6.07, 6.45) is 1.58. The van der Waals surface area contributed by atoms with Crippen molar-refractivity contribution < 1.29 is 14.4 Å². The van der Waals surface area contributed by atoms with Crippen molar-refractivity contribution in [2.75, 3.05) is 6.61 Å². The summed E-state index contributed by atoms with van der Waals surface area (Å²) in [7, 11) is 0. The molecule has 10 heteroatoms. The molecule has 0 spiro atoms. The van der Waals surface area contributed by atoms with E-state index in [1.807, 2.05) is 6.92 Å². The van der Waals surface area contributed by atoms with Gasteiger partial charge in [-0.2, -0.15) is 5.10 Å². The van der Waals surface area contributed by atoms with Gasteiger partial charge < -0.3 is 14.5 Å². The van der Waals surface area contributed by atoms with Crippen molar-refractivity contribution in [3.8, 4) is 11.5 Å². The molecule has 3 aromatic rings. The van der Waals surface area contributed by atoms with Crippen molar-refractivity contribution in [2.45, 2.75) is 33.3 Å². The molecular weight excluding hydrogens is 404 g/mol. The minimum Gasteiger partial charge on any atom is -0.490 e. The lowest BCUT2D eigenvalue weighted by molar-refractivity contribution is -0.386. The van der Waals surface area contributed by atoms with Gasteiger partial charge in [-0.15, -0.1) is 4.68 Å². The van der Waals surface area contributed by atoms with E-state index < -0.39 is 16.2 Å². The smallest absolute Gasteiger partial charge is 0.349 e. The summed E-state index contributed by atoms with van der Waals surface area (Å²) >= 11 is 0. The van der Waals surface area contributed by atoms with E-state index >= 15 is 0 Å². The maximum Gasteiger partial charge on any atom is 0.349 e. The van der Waals surface area contributed by atoms with Crippen molar-refractivity contribution in [3.63, 3.8) is 0 Å². The van der Waals surface area contributed by atoms with Crippen molar-refractivity contribution in [3.05, 3.63) is 72.9 Å². The highest BCUT2D eigenvalue weighted by Crippen LogP contribution is 2.39. The number of nitro benzene ring substituents is 1. The number of ether oxygens (including phenoxy) is 2. The average Bonchev–Trinajstić information content (AvgIpc) is 2.74. The van der Waals surface area contributed by atoms with Crippen LogP contribution in [0.1, 0.15) is 32.8 Å². The number of hydrogen-bond acceptors (Lipinski definition) is 7. The first-order valence-corrected chi connectivity index (χ1v) is 9.76. The van der Waals surface area contributed by atoms with E-state index in [-0.39, 0.29) is 40.8 Å². The van der Waals surface area contributed by atoms with Crippen LogP contribution >= 0.6 is 0 Å². The summed E-state index contributed by atoms with van der Waals surface area (Å²) in [6.45, 7) is 5.70. The minimum absolute atomic E-state index is 0.0269. The Hall–Kier alpha value is -3.95. The monoisotopic (exact) mass is 426 g/mol. The molecule has 0 bridgehead atoms. The van der Waals surface area contributed by atoms with Gasteiger partial charge in [-0.3, -0.25) is 14.9 Å². The number of benzene rings is 2. The molecule has 0 saturated heterocycles. The fraction of sp³-hybridized carbons (Fsp3) is 0.286. The molecule has 1 aromatic heterocycles. The van der Waals surface area contributed by atoms with Crippen LogP contribution in [0, 0.1) is 10.1 Å². The van der Waals surface area contributed by atoms with Gasteiger partial charge in [0.15, 0.2) is 5.75 Å². The zero-order valence-electron chi connectivity index (χ0n) is 17.3. The summed E-state index contributed by atoms with van der Waals surface area (Å²) in [5, 5.41) is 15.9. The number of para-hydroxylation sites is 1. The number of rotatable bonds is 8. The number of nitrogens with one attached hydrogen (secondary N) is 1. The van der Waals surface area contributed by atoms with Crippen LogP contribution in [0.5, 0.6) is 11.5 Å². The van der Waals surface area contributed by atoms with Crippen LogP contribution < -0.4 is 20.7 Å². The van der Waals surface area contributed by atoms with Gasteiger partial charge in [-0.1, -0.05) is 19.1 Å². The lowest BCUT2D eigenvalue weighted by Gasteiger charge is -2.16. The quantitative estimate of drug-likeness (QED) is 0.335. The molecule has 10 nitrogen and oxygen atoms in total. The maximum atomic E-state index is 12.6. The van der Waals surface area contributed by atoms with Crippen LogP contribution in [0.3, 0.4) is 0 Å². The molecule has 0 unspecified atom stereocenters. The first-order valence-electron chi connectivity index (χ1n) is 9.76. The Morgan fingerprint density at radius 1 is 1.26 bits per heavy atom. The summed E-state index contributed by atoms with van der Waals surface area (Å²) in [4.78, 5) is 38.5. The molecule has 2 aromatic carbocycles. The Labute approximate surface area is 176 Å². The standard InChI is InChI=1S/C21H22N4O6/c1-4-13(3)31-19-17(25(28)29)10-14(11-18(19)30-5-2)12-22-24-20(26)15-8-6-7-9-16(15)23-21(24)27/h6-13H,4-5H2,1-3H3,(H,23,27)/t13-/m0/s1. The van der Waals surface area contributed by atoms with E-state index in [1.54, 1.807) is 38.1 Å². The van der Waals surface area contributed by atoms with Crippen LogP contribution in [0.2, 0.25) is 0 Å². The largest absolute Gasteiger partial charge is 0.490 e. The van der Waals surface area contributed by atoms with Crippen LogP contribution in [0.4, 0.5) is 5.69 Å². The van der Waals surface area contributed by atoms with Crippen molar-refractivity contribution in [2.24, 2.45) is 5.10 Å². The molecule has 0 radical (unpaired) electrons. The Balaban J connectivity index is 2.10. The predicted octanol–water partition coefficient (Wildman–Crippen LogP) is 3.06. The second-order valence-electron chi connectivity index (χ2n) is 6.73. The summed E-state index contributed by atoms with van der Waals surface area (Å²) in [6, 6.07) is 9.31. The number of aromatic nitrogens is 2. The van der Waals surface area contributed by atoms with Gasteiger partial charge in [0.05, 0.1) is 34.8 Å². The first kappa shape index (κ1) is 21.8. The Bertz CT molecular complexity index is 1260. The van der Waals surface area contributed by atoms with E-state index in [0.717, 1.165) is 0 Å². The number of nitrogens with zero attached hydrogens (tertiary/aromatic N) is 3. The second-order valence-corrected chi connectivity index (χ2v) is 6.73. The van der Waals surface area contributed by atoms with E-state index in [4.69, 9.17) is 9.47 Å². The molecule has 0 aliphatic heterocycles. The van der Waals surface area contributed by atoms with Crippen molar-refractivity contribution >= 4 is 22.8 Å². The molecule has 3 rings (SSSR count). The average molecular weight is 426 g/mol. The highest BCUT2D eigenvalue weighted by molar-refractivity contribution is 5.83. The summed E-state index contributed by atoms with van der Waals surface area (Å²) in [5.41, 5.74) is -0.966. The van der Waals surface area contributed by atoms with E-state index in [9.17, 15) is 19.7 Å². The van der Waals surface area contributed by atoms with Gasteiger partial charge in [-0.25, -0.2) is 4.79 Å². The highest BCUT2D eigenvalue weighted by Gasteiger charge is 2.24. The number of fused-ring (bicyclic) bond motifs is 1. The minimum atomic E-state index is -0.726. The molecular formula is C21H22N4O6. The van der Waals surface area contributed by atoms with Gasteiger partial charge in [0, 0.05) is 11.6 Å². The number of aromatic amines is 1. The third kappa shape index (κ3) is 4.63. The predicted molar refractivity (Wildman–Crippen MR) is 116 cm³/mol. The number of nitro groups is 1. The third-order valence-corrected chi connectivity index (χ3v) is 4.55. The zero-order chi connectivity index (χ0) is 22.5. The maximum absolute atomic E-state index is 12.6. The molecule has 0 saturated carbocycles. The van der Waals surface area contributed by atoms with Crippen LogP contribution in [-0.2, 0) is 0 Å². The fourth-order valence-corrected chi connectivity index (χ4v) is 2.87. The zero-order valence-corrected chi connectivity index (χ0v) is 17.3. The topological polar surface area (TPSA) is 129 Å².